The van der Waals surface area contributed by atoms with Crippen LogP contribution in [0.2, 0.25) is 5.02 Å². The molecule has 1 atom stereocenters. The SMILES string of the molecule is CC(Oc1ccc(Cl)cc1Br)c1nnc(-c2ccccc2)o1. The van der Waals surface area contributed by atoms with E-state index in [1.54, 1.807) is 18.2 Å². The molecule has 0 radical (unpaired) electrons. The Labute approximate surface area is 141 Å². The lowest BCUT2D eigenvalue weighted by Crippen LogP contribution is -2.03. The minimum absolute atomic E-state index is 0.373. The molecule has 22 heavy (non-hydrogen) atoms. The Balaban J connectivity index is 1.78. The maximum Gasteiger partial charge on any atom is 0.257 e. The summed E-state index contributed by atoms with van der Waals surface area (Å²) in [6.07, 6.45) is -0.373. The number of hydrogen-bond acceptors (Lipinski definition) is 4. The third-order valence-electron chi connectivity index (χ3n) is 3.01. The van der Waals surface area contributed by atoms with E-state index in [9.17, 15) is 0 Å². The summed E-state index contributed by atoms with van der Waals surface area (Å²) in [5.41, 5.74) is 0.876. The van der Waals surface area contributed by atoms with Gasteiger partial charge in [-0.2, -0.15) is 0 Å². The van der Waals surface area contributed by atoms with Crippen LogP contribution in [0.1, 0.15) is 18.9 Å². The first-order valence-corrected chi connectivity index (χ1v) is 7.81. The lowest BCUT2D eigenvalue weighted by Gasteiger charge is -2.12. The van der Waals surface area contributed by atoms with Gasteiger partial charge in [-0.05, 0) is 53.2 Å². The summed E-state index contributed by atoms with van der Waals surface area (Å²) in [6.45, 7) is 1.85. The average Bonchev–Trinajstić information content (AvgIpc) is 3.01. The molecular weight excluding hydrogens is 368 g/mol. The summed E-state index contributed by atoms with van der Waals surface area (Å²) in [7, 11) is 0. The van der Waals surface area contributed by atoms with Gasteiger partial charge in [0.1, 0.15) is 5.75 Å². The van der Waals surface area contributed by atoms with Crippen molar-refractivity contribution in [2.45, 2.75) is 13.0 Å². The Morgan fingerprint density at radius 3 is 2.64 bits per heavy atom. The van der Waals surface area contributed by atoms with Crippen molar-refractivity contribution >= 4 is 27.5 Å². The summed E-state index contributed by atoms with van der Waals surface area (Å²) >= 11 is 9.33. The third kappa shape index (κ3) is 3.31. The number of hydrogen-bond donors (Lipinski definition) is 0. The largest absolute Gasteiger partial charge is 0.480 e. The van der Waals surface area contributed by atoms with Crippen molar-refractivity contribution in [1.29, 1.82) is 0 Å². The van der Waals surface area contributed by atoms with Crippen LogP contribution >= 0.6 is 27.5 Å². The molecule has 0 aliphatic carbocycles. The van der Waals surface area contributed by atoms with Gasteiger partial charge >= 0.3 is 0 Å². The topological polar surface area (TPSA) is 48.2 Å². The molecule has 3 aromatic rings. The summed E-state index contributed by atoms with van der Waals surface area (Å²) in [6, 6.07) is 14.9. The molecule has 1 unspecified atom stereocenters. The molecule has 2 aromatic carbocycles. The van der Waals surface area contributed by atoms with Crippen molar-refractivity contribution in [2.75, 3.05) is 0 Å². The van der Waals surface area contributed by atoms with Crippen molar-refractivity contribution in [3.05, 3.63) is 63.9 Å². The highest BCUT2D eigenvalue weighted by Crippen LogP contribution is 2.31. The van der Waals surface area contributed by atoms with Crippen molar-refractivity contribution in [2.24, 2.45) is 0 Å². The Hall–Kier alpha value is -1.85. The lowest BCUT2D eigenvalue weighted by atomic mass is 10.2. The molecule has 1 aromatic heterocycles. The standard InChI is InChI=1S/C16H12BrClN2O2/c1-10(21-14-8-7-12(18)9-13(14)17)15-19-20-16(22-15)11-5-3-2-4-6-11/h2-10H,1H3. The van der Waals surface area contributed by atoms with Gasteiger partial charge in [-0.3, -0.25) is 0 Å². The molecule has 0 N–H and O–H groups in total. The fourth-order valence-corrected chi connectivity index (χ4v) is 2.68. The fraction of sp³-hybridized carbons (Fsp3) is 0.125. The molecule has 0 amide bonds. The number of ether oxygens (including phenoxy) is 1. The molecule has 112 valence electrons. The Kier molecular flexibility index (Phi) is 4.45. The zero-order valence-electron chi connectivity index (χ0n) is 11.7. The predicted molar refractivity (Wildman–Crippen MR) is 87.9 cm³/mol. The summed E-state index contributed by atoms with van der Waals surface area (Å²) < 4.78 is 12.3. The predicted octanol–water partition coefficient (Wildman–Crippen LogP) is 5.29. The number of nitrogens with zero attached hydrogens (tertiary/aromatic N) is 2. The van der Waals surface area contributed by atoms with Crippen LogP contribution < -0.4 is 4.74 Å². The van der Waals surface area contributed by atoms with Gasteiger partial charge in [-0.1, -0.05) is 29.8 Å². The van der Waals surface area contributed by atoms with Gasteiger partial charge in [-0.25, -0.2) is 0 Å². The maximum absolute atomic E-state index is 5.92. The van der Waals surface area contributed by atoms with Crippen molar-refractivity contribution in [1.82, 2.24) is 10.2 Å². The molecule has 0 spiro atoms. The van der Waals surface area contributed by atoms with E-state index in [1.807, 2.05) is 37.3 Å². The van der Waals surface area contributed by atoms with Crippen LogP contribution in [0.25, 0.3) is 11.5 Å². The third-order valence-corrected chi connectivity index (χ3v) is 3.86. The molecule has 0 fully saturated rings. The van der Waals surface area contributed by atoms with E-state index >= 15 is 0 Å². The zero-order chi connectivity index (χ0) is 15.5. The number of aromatic nitrogens is 2. The molecule has 4 nitrogen and oxygen atoms in total. The van der Waals surface area contributed by atoms with Gasteiger partial charge < -0.3 is 9.15 Å². The minimum atomic E-state index is -0.373. The smallest absolute Gasteiger partial charge is 0.257 e. The van der Waals surface area contributed by atoms with Gasteiger partial charge in [0.05, 0.1) is 4.47 Å². The highest BCUT2D eigenvalue weighted by atomic mass is 79.9. The van der Waals surface area contributed by atoms with Gasteiger partial charge in [0.15, 0.2) is 6.10 Å². The first-order valence-electron chi connectivity index (χ1n) is 6.64. The van der Waals surface area contributed by atoms with E-state index in [-0.39, 0.29) is 6.10 Å². The molecule has 6 heteroatoms. The molecule has 0 bridgehead atoms. The normalized spacial score (nSPS) is 12.1. The summed E-state index contributed by atoms with van der Waals surface area (Å²) in [4.78, 5) is 0. The second-order valence-corrected chi connectivity index (χ2v) is 5.94. The molecule has 0 aliphatic heterocycles. The van der Waals surface area contributed by atoms with Crippen LogP contribution in [0, 0.1) is 0 Å². The van der Waals surface area contributed by atoms with Crippen molar-refractivity contribution < 1.29 is 9.15 Å². The number of benzene rings is 2. The van der Waals surface area contributed by atoms with Gasteiger partial charge in [0.2, 0.25) is 5.89 Å². The van der Waals surface area contributed by atoms with Crippen LogP contribution in [0.4, 0.5) is 0 Å². The zero-order valence-corrected chi connectivity index (χ0v) is 14.0. The average molecular weight is 380 g/mol. The summed E-state index contributed by atoms with van der Waals surface area (Å²) in [5, 5.41) is 8.74. The van der Waals surface area contributed by atoms with E-state index in [0.29, 0.717) is 22.6 Å². The Morgan fingerprint density at radius 1 is 1.14 bits per heavy atom. The second kappa shape index (κ2) is 6.50. The lowest BCUT2D eigenvalue weighted by molar-refractivity contribution is 0.188. The van der Waals surface area contributed by atoms with Crippen LogP contribution in [-0.4, -0.2) is 10.2 Å². The van der Waals surface area contributed by atoms with Gasteiger partial charge in [-0.15, -0.1) is 10.2 Å². The van der Waals surface area contributed by atoms with Crippen LogP contribution in [0.15, 0.2) is 57.4 Å². The molecular formula is C16H12BrClN2O2. The molecule has 0 saturated heterocycles. The first-order chi connectivity index (χ1) is 10.6. The van der Waals surface area contributed by atoms with E-state index in [2.05, 4.69) is 26.1 Å². The molecule has 3 rings (SSSR count). The Morgan fingerprint density at radius 2 is 1.91 bits per heavy atom. The van der Waals surface area contributed by atoms with E-state index < -0.39 is 0 Å². The molecule has 0 aliphatic rings. The minimum Gasteiger partial charge on any atom is -0.480 e. The second-order valence-electron chi connectivity index (χ2n) is 4.65. The quantitative estimate of drug-likeness (QED) is 0.618. The maximum atomic E-state index is 5.92. The number of halogens is 2. The van der Waals surface area contributed by atoms with Crippen LogP contribution in [0.3, 0.4) is 0 Å². The van der Waals surface area contributed by atoms with E-state index in [4.69, 9.17) is 20.8 Å². The first kappa shape index (κ1) is 15.1. The van der Waals surface area contributed by atoms with Gasteiger partial charge in [0, 0.05) is 10.6 Å². The molecule has 0 saturated carbocycles. The fourth-order valence-electron chi connectivity index (χ4n) is 1.91. The molecule has 1 heterocycles. The van der Waals surface area contributed by atoms with Gasteiger partial charge in [0.25, 0.3) is 5.89 Å². The van der Waals surface area contributed by atoms with Crippen molar-refractivity contribution in [3.8, 4) is 17.2 Å². The highest BCUT2D eigenvalue weighted by molar-refractivity contribution is 9.10. The van der Waals surface area contributed by atoms with Crippen LogP contribution in [0.5, 0.6) is 5.75 Å². The van der Waals surface area contributed by atoms with Crippen molar-refractivity contribution in [3.63, 3.8) is 0 Å². The van der Waals surface area contributed by atoms with E-state index in [0.717, 1.165) is 10.0 Å². The highest BCUT2D eigenvalue weighted by Gasteiger charge is 2.17. The van der Waals surface area contributed by atoms with Crippen LogP contribution in [-0.2, 0) is 0 Å². The Bertz CT molecular complexity index is 777. The summed E-state index contributed by atoms with van der Waals surface area (Å²) in [5.74, 6) is 1.55. The number of rotatable bonds is 4. The van der Waals surface area contributed by atoms with E-state index in [1.165, 1.54) is 0 Å². The monoisotopic (exact) mass is 378 g/mol.